The van der Waals surface area contributed by atoms with Crippen LogP contribution in [0.4, 0.5) is 13.2 Å². The van der Waals surface area contributed by atoms with E-state index in [1.165, 1.54) is 0 Å². The fourth-order valence-corrected chi connectivity index (χ4v) is 1.82. The molecule has 1 fully saturated rings. The molecule has 11 heteroatoms. The molecular formula is C7H9F3O7S. The van der Waals surface area contributed by atoms with Crippen molar-refractivity contribution in [2.75, 3.05) is 13.7 Å². The van der Waals surface area contributed by atoms with Crippen molar-refractivity contribution in [1.29, 1.82) is 0 Å². The summed E-state index contributed by atoms with van der Waals surface area (Å²) in [6, 6.07) is 0. The number of esters is 1. The Hall–Kier alpha value is -0.910. The number of aliphatic hydroxyl groups is 1. The van der Waals surface area contributed by atoms with Crippen LogP contribution in [-0.4, -0.2) is 57.0 Å². The lowest BCUT2D eigenvalue weighted by Crippen LogP contribution is -2.40. The minimum absolute atomic E-state index is 0.684. The van der Waals surface area contributed by atoms with Crippen molar-refractivity contribution in [3.05, 3.63) is 0 Å². The van der Waals surface area contributed by atoms with Crippen LogP contribution in [0, 0.1) is 0 Å². The van der Waals surface area contributed by atoms with Crippen molar-refractivity contribution < 1.29 is 45.1 Å². The van der Waals surface area contributed by atoms with Crippen LogP contribution in [0.3, 0.4) is 0 Å². The number of methoxy groups -OCH3 is 1. The number of ether oxygens (including phenoxy) is 2. The number of aliphatic hydroxyl groups excluding tert-OH is 1. The van der Waals surface area contributed by atoms with Crippen LogP contribution < -0.4 is 0 Å². The maximum atomic E-state index is 12.0. The van der Waals surface area contributed by atoms with Crippen LogP contribution in [0.25, 0.3) is 0 Å². The Morgan fingerprint density at radius 3 is 2.44 bits per heavy atom. The smallest absolute Gasteiger partial charge is 0.467 e. The third-order valence-electron chi connectivity index (χ3n) is 2.10. The Labute approximate surface area is 99.6 Å². The van der Waals surface area contributed by atoms with E-state index in [0.29, 0.717) is 0 Å². The Morgan fingerprint density at radius 2 is 2.00 bits per heavy atom. The van der Waals surface area contributed by atoms with Crippen LogP contribution in [0.1, 0.15) is 0 Å². The Kier molecular flexibility index (Phi) is 4.20. The summed E-state index contributed by atoms with van der Waals surface area (Å²) in [6.45, 7) is -0.684. The minimum atomic E-state index is -5.86. The predicted octanol–water partition coefficient (Wildman–Crippen LogP) is -0.846. The van der Waals surface area contributed by atoms with E-state index < -0.39 is 46.5 Å². The van der Waals surface area contributed by atoms with Gasteiger partial charge in [-0.3, -0.25) is 4.18 Å². The maximum Gasteiger partial charge on any atom is 0.523 e. The molecule has 18 heavy (non-hydrogen) atoms. The summed E-state index contributed by atoms with van der Waals surface area (Å²) in [5, 5.41) is 9.40. The number of carbonyl (C=O) groups is 1. The highest BCUT2D eigenvalue weighted by atomic mass is 32.2. The van der Waals surface area contributed by atoms with E-state index in [1.807, 2.05) is 0 Å². The molecule has 0 amide bonds. The third-order valence-corrected chi connectivity index (χ3v) is 3.17. The van der Waals surface area contributed by atoms with Gasteiger partial charge in [0.2, 0.25) is 0 Å². The van der Waals surface area contributed by atoms with E-state index in [2.05, 4.69) is 13.7 Å². The molecule has 0 spiro atoms. The SMILES string of the molecule is COC(=O)[C@H]1OC[C@@H](OS(=O)(=O)C(F)(F)F)[C@H]1O. The Bertz CT molecular complexity index is 417. The first kappa shape index (κ1) is 15.1. The molecule has 1 rings (SSSR count). The standard InChI is InChI=1S/C7H9F3O7S/c1-15-6(12)5-4(11)3(2-16-5)17-18(13,14)7(8,9)10/h3-5,11H,2H2,1H3/t3-,4-,5+/m1/s1. The van der Waals surface area contributed by atoms with Crippen LogP contribution in [0.5, 0.6) is 0 Å². The van der Waals surface area contributed by atoms with Gasteiger partial charge >= 0.3 is 21.6 Å². The molecule has 0 aromatic heterocycles. The molecule has 0 unspecified atom stereocenters. The van der Waals surface area contributed by atoms with Gasteiger partial charge in [0.25, 0.3) is 0 Å². The molecule has 0 saturated carbocycles. The summed E-state index contributed by atoms with van der Waals surface area (Å²) in [6.07, 6.45) is -5.27. The highest BCUT2D eigenvalue weighted by Gasteiger charge is 2.52. The van der Waals surface area contributed by atoms with Gasteiger partial charge < -0.3 is 14.6 Å². The first-order valence-corrected chi connectivity index (χ1v) is 5.88. The molecular weight excluding hydrogens is 285 g/mol. The normalized spacial score (nSPS) is 29.3. The Morgan fingerprint density at radius 1 is 1.44 bits per heavy atom. The van der Waals surface area contributed by atoms with Gasteiger partial charge in [0.15, 0.2) is 6.10 Å². The van der Waals surface area contributed by atoms with Crippen LogP contribution in [0.15, 0.2) is 0 Å². The second kappa shape index (κ2) is 4.99. The first-order valence-electron chi connectivity index (χ1n) is 4.47. The minimum Gasteiger partial charge on any atom is -0.467 e. The zero-order valence-electron chi connectivity index (χ0n) is 8.88. The van der Waals surface area contributed by atoms with Gasteiger partial charge in [0, 0.05) is 0 Å². The van der Waals surface area contributed by atoms with Gasteiger partial charge in [-0.25, -0.2) is 4.79 Å². The highest BCUT2D eigenvalue weighted by Crippen LogP contribution is 2.29. The van der Waals surface area contributed by atoms with Crippen LogP contribution in [-0.2, 0) is 28.6 Å². The molecule has 1 saturated heterocycles. The van der Waals surface area contributed by atoms with E-state index in [9.17, 15) is 31.5 Å². The van der Waals surface area contributed by atoms with E-state index in [0.717, 1.165) is 7.11 Å². The second-order valence-corrected chi connectivity index (χ2v) is 4.87. The fraction of sp³-hybridized carbons (Fsp3) is 0.857. The Balaban J connectivity index is 2.75. The summed E-state index contributed by atoms with van der Waals surface area (Å²) < 4.78 is 69.9. The van der Waals surface area contributed by atoms with Gasteiger partial charge in [0.05, 0.1) is 13.7 Å². The number of carbonyl (C=O) groups excluding carboxylic acids is 1. The van der Waals surface area contributed by atoms with Gasteiger partial charge in [-0.15, -0.1) is 0 Å². The quantitative estimate of drug-likeness (QED) is 0.411. The number of halogens is 3. The zero-order chi connectivity index (χ0) is 14.1. The summed E-state index contributed by atoms with van der Waals surface area (Å²) >= 11 is 0. The monoisotopic (exact) mass is 294 g/mol. The van der Waals surface area contributed by atoms with Crippen LogP contribution >= 0.6 is 0 Å². The molecule has 0 bridgehead atoms. The average molecular weight is 294 g/mol. The zero-order valence-corrected chi connectivity index (χ0v) is 9.69. The van der Waals surface area contributed by atoms with E-state index in [1.54, 1.807) is 0 Å². The molecule has 0 aromatic carbocycles. The average Bonchev–Trinajstić information content (AvgIpc) is 2.57. The molecule has 0 aromatic rings. The lowest BCUT2D eigenvalue weighted by Gasteiger charge is -2.16. The van der Waals surface area contributed by atoms with Gasteiger partial charge in [-0.05, 0) is 0 Å². The molecule has 1 aliphatic heterocycles. The molecule has 0 aliphatic carbocycles. The summed E-state index contributed by atoms with van der Waals surface area (Å²) in [7, 11) is -4.89. The molecule has 1 N–H and O–H groups in total. The molecule has 1 aliphatic rings. The summed E-state index contributed by atoms with van der Waals surface area (Å²) in [5.74, 6) is -1.04. The number of hydrogen-bond acceptors (Lipinski definition) is 7. The van der Waals surface area contributed by atoms with Crippen molar-refractivity contribution in [2.24, 2.45) is 0 Å². The second-order valence-electron chi connectivity index (χ2n) is 3.30. The largest absolute Gasteiger partial charge is 0.523 e. The van der Waals surface area contributed by atoms with Crippen LogP contribution in [0.2, 0.25) is 0 Å². The lowest BCUT2D eigenvalue weighted by molar-refractivity contribution is -0.155. The number of alkyl halides is 3. The fourth-order valence-electron chi connectivity index (χ4n) is 1.22. The van der Waals surface area contributed by atoms with E-state index >= 15 is 0 Å². The molecule has 3 atom stereocenters. The molecule has 106 valence electrons. The van der Waals surface area contributed by atoms with Crippen molar-refractivity contribution in [3.63, 3.8) is 0 Å². The number of rotatable bonds is 3. The van der Waals surface area contributed by atoms with Gasteiger partial charge in [0.1, 0.15) is 12.2 Å². The van der Waals surface area contributed by atoms with E-state index in [4.69, 9.17) is 0 Å². The van der Waals surface area contributed by atoms with Gasteiger partial charge in [-0.1, -0.05) is 0 Å². The van der Waals surface area contributed by atoms with Crippen molar-refractivity contribution in [2.45, 2.75) is 23.8 Å². The first-order chi connectivity index (χ1) is 8.10. The lowest BCUT2D eigenvalue weighted by atomic mass is 10.1. The number of hydrogen-bond donors (Lipinski definition) is 1. The molecule has 7 nitrogen and oxygen atoms in total. The highest BCUT2D eigenvalue weighted by molar-refractivity contribution is 7.87. The molecule has 1 heterocycles. The molecule has 0 radical (unpaired) electrons. The predicted molar refractivity (Wildman–Crippen MR) is 47.6 cm³/mol. The van der Waals surface area contributed by atoms with Gasteiger partial charge in [-0.2, -0.15) is 21.6 Å². The van der Waals surface area contributed by atoms with Crippen molar-refractivity contribution >= 4 is 16.1 Å². The van der Waals surface area contributed by atoms with Crippen molar-refractivity contribution in [1.82, 2.24) is 0 Å². The summed E-state index contributed by atoms with van der Waals surface area (Å²) in [4.78, 5) is 11.0. The summed E-state index contributed by atoms with van der Waals surface area (Å²) in [5.41, 5.74) is -5.62. The van der Waals surface area contributed by atoms with E-state index in [-0.39, 0.29) is 0 Å². The maximum absolute atomic E-state index is 12.0. The topological polar surface area (TPSA) is 99.1 Å². The third kappa shape index (κ3) is 2.91. The van der Waals surface area contributed by atoms with Crippen molar-refractivity contribution in [3.8, 4) is 0 Å².